The van der Waals surface area contributed by atoms with Gasteiger partial charge < -0.3 is 10.5 Å². The molecule has 0 amide bonds. The van der Waals surface area contributed by atoms with Crippen LogP contribution in [0, 0.1) is 0 Å². The number of carbonyl (C=O) groups excluding carboxylic acids is 1. The molecule has 0 fully saturated rings. The van der Waals surface area contributed by atoms with Gasteiger partial charge in [0.2, 0.25) is 10.0 Å². The highest BCUT2D eigenvalue weighted by Crippen LogP contribution is 2.23. The number of ether oxygens (including phenoxy) is 1. The zero-order valence-corrected chi connectivity index (χ0v) is 11.4. The van der Waals surface area contributed by atoms with Crippen molar-refractivity contribution in [3.05, 3.63) is 23.2 Å². The van der Waals surface area contributed by atoms with Crippen LogP contribution in [0.2, 0.25) is 5.02 Å². The van der Waals surface area contributed by atoms with E-state index < -0.39 is 22.0 Å². The first-order chi connectivity index (χ1) is 8.27. The Kier molecular flexibility index (Phi) is 4.55. The van der Waals surface area contributed by atoms with Crippen LogP contribution in [-0.2, 0) is 19.6 Å². The first-order valence-corrected chi connectivity index (χ1v) is 6.79. The smallest absolute Gasteiger partial charge is 0.323 e. The van der Waals surface area contributed by atoms with Crippen LogP contribution >= 0.6 is 11.6 Å². The fourth-order valence-electron chi connectivity index (χ4n) is 1.25. The number of nitrogen functional groups attached to an aromatic ring is 1. The number of methoxy groups -OCH3 is 1. The first kappa shape index (κ1) is 14.7. The predicted octanol–water partition coefficient (Wildman–Crippen LogP) is 0.762. The lowest BCUT2D eigenvalue weighted by Crippen LogP contribution is -2.39. The summed E-state index contributed by atoms with van der Waals surface area (Å²) in [6.07, 6.45) is 0. The quantitative estimate of drug-likeness (QED) is 0.630. The molecular formula is C10H13ClN2O4S. The maximum Gasteiger partial charge on any atom is 0.323 e. The van der Waals surface area contributed by atoms with E-state index in [4.69, 9.17) is 17.3 Å². The molecule has 0 aliphatic heterocycles. The number of halogens is 1. The van der Waals surface area contributed by atoms with Gasteiger partial charge >= 0.3 is 5.97 Å². The van der Waals surface area contributed by atoms with Gasteiger partial charge in [0.1, 0.15) is 10.9 Å². The maximum atomic E-state index is 12.0. The van der Waals surface area contributed by atoms with E-state index in [1.807, 2.05) is 0 Å². The highest BCUT2D eigenvalue weighted by Gasteiger charge is 2.24. The van der Waals surface area contributed by atoms with Crippen LogP contribution in [0.1, 0.15) is 6.92 Å². The summed E-state index contributed by atoms with van der Waals surface area (Å²) in [4.78, 5) is 11.0. The SMILES string of the molecule is COC(=O)C(C)NS(=O)(=O)c1cc(N)ccc1Cl. The lowest BCUT2D eigenvalue weighted by atomic mass is 10.3. The average molecular weight is 293 g/mol. The lowest BCUT2D eigenvalue weighted by molar-refractivity contribution is -0.142. The Morgan fingerprint density at radius 2 is 2.11 bits per heavy atom. The molecule has 0 aliphatic rings. The van der Waals surface area contributed by atoms with Crippen molar-refractivity contribution in [3.63, 3.8) is 0 Å². The molecule has 0 aromatic heterocycles. The Hall–Kier alpha value is -1.31. The summed E-state index contributed by atoms with van der Waals surface area (Å²) in [7, 11) is -2.76. The van der Waals surface area contributed by atoms with Gasteiger partial charge in [-0.05, 0) is 25.1 Å². The molecule has 0 aliphatic carbocycles. The van der Waals surface area contributed by atoms with Crippen molar-refractivity contribution in [2.45, 2.75) is 17.9 Å². The van der Waals surface area contributed by atoms with Crippen LogP contribution < -0.4 is 10.5 Å². The van der Waals surface area contributed by atoms with Crippen LogP contribution in [0.5, 0.6) is 0 Å². The molecule has 0 spiro atoms. The van der Waals surface area contributed by atoms with Gasteiger partial charge in [-0.2, -0.15) is 4.72 Å². The Morgan fingerprint density at radius 1 is 1.50 bits per heavy atom. The molecule has 100 valence electrons. The van der Waals surface area contributed by atoms with E-state index in [0.717, 1.165) is 0 Å². The molecule has 0 radical (unpaired) electrons. The van der Waals surface area contributed by atoms with E-state index in [2.05, 4.69) is 9.46 Å². The number of carbonyl (C=O) groups is 1. The van der Waals surface area contributed by atoms with E-state index in [9.17, 15) is 13.2 Å². The molecule has 1 unspecified atom stereocenters. The van der Waals surface area contributed by atoms with E-state index in [1.165, 1.54) is 32.2 Å². The van der Waals surface area contributed by atoms with Crippen molar-refractivity contribution in [2.75, 3.05) is 12.8 Å². The third-order valence-corrected chi connectivity index (χ3v) is 4.15. The van der Waals surface area contributed by atoms with Crippen LogP contribution in [0.15, 0.2) is 23.1 Å². The Bertz CT molecular complexity index is 559. The molecule has 0 heterocycles. The Labute approximate surface area is 110 Å². The highest BCUT2D eigenvalue weighted by molar-refractivity contribution is 7.89. The van der Waals surface area contributed by atoms with Gasteiger partial charge in [0.25, 0.3) is 0 Å². The number of benzene rings is 1. The van der Waals surface area contributed by atoms with Gasteiger partial charge in [-0.15, -0.1) is 0 Å². The second-order valence-electron chi connectivity index (χ2n) is 3.56. The predicted molar refractivity (Wildman–Crippen MR) is 67.7 cm³/mol. The number of rotatable bonds is 4. The third-order valence-electron chi connectivity index (χ3n) is 2.13. The van der Waals surface area contributed by atoms with Gasteiger partial charge in [-0.1, -0.05) is 11.6 Å². The molecule has 1 aromatic carbocycles. The largest absolute Gasteiger partial charge is 0.468 e. The summed E-state index contributed by atoms with van der Waals surface area (Å²) in [6, 6.07) is 3.05. The van der Waals surface area contributed by atoms with Crippen molar-refractivity contribution in [3.8, 4) is 0 Å². The van der Waals surface area contributed by atoms with Gasteiger partial charge in [0.15, 0.2) is 0 Å². The van der Waals surface area contributed by atoms with Crippen LogP contribution in [-0.4, -0.2) is 27.5 Å². The lowest BCUT2D eigenvalue weighted by Gasteiger charge is -2.13. The van der Waals surface area contributed by atoms with E-state index in [-0.39, 0.29) is 15.6 Å². The van der Waals surface area contributed by atoms with Crippen LogP contribution in [0.4, 0.5) is 5.69 Å². The van der Waals surface area contributed by atoms with Gasteiger partial charge in [0.05, 0.1) is 12.1 Å². The summed E-state index contributed by atoms with van der Waals surface area (Å²) in [5.74, 6) is -0.696. The Balaban J connectivity index is 3.07. The number of sulfonamides is 1. The molecule has 6 nitrogen and oxygen atoms in total. The second-order valence-corrected chi connectivity index (χ2v) is 5.65. The molecule has 0 saturated heterocycles. The van der Waals surface area contributed by atoms with Gasteiger partial charge in [-0.25, -0.2) is 8.42 Å². The summed E-state index contributed by atoms with van der Waals surface area (Å²) >= 11 is 5.79. The number of nitrogens with two attached hydrogens (primary N) is 1. The molecule has 1 atom stereocenters. The summed E-state index contributed by atoms with van der Waals surface area (Å²) in [6.45, 7) is 1.36. The van der Waals surface area contributed by atoms with E-state index in [1.54, 1.807) is 0 Å². The minimum atomic E-state index is -3.93. The van der Waals surface area contributed by atoms with Crippen LogP contribution in [0.3, 0.4) is 0 Å². The molecule has 18 heavy (non-hydrogen) atoms. The van der Waals surface area contributed by atoms with Crippen molar-refractivity contribution in [2.24, 2.45) is 0 Å². The Morgan fingerprint density at radius 3 is 2.67 bits per heavy atom. The normalized spacial score (nSPS) is 13.1. The molecule has 8 heteroatoms. The van der Waals surface area contributed by atoms with Gasteiger partial charge in [-0.3, -0.25) is 4.79 Å². The standard InChI is InChI=1S/C10H13ClN2O4S/c1-6(10(14)17-2)13-18(15,16)9-5-7(12)3-4-8(9)11/h3-6,13H,12H2,1-2H3. The topological polar surface area (TPSA) is 98.5 Å². The number of hydrogen-bond donors (Lipinski definition) is 2. The highest BCUT2D eigenvalue weighted by atomic mass is 35.5. The molecule has 1 aromatic rings. The van der Waals surface area contributed by atoms with E-state index >= 15 is 0 Å². The average Bonchev–Trinajstić information content (AvgIpc) is 2.30. The van der Waals surface area contributed by atoms with Crippen LogP contribution in [0.25, 0.3) is 0 Å². The van der Waals surface area contributed by atoms with Crippen molar-refractivity contribution in [1.29, 1.82) is 0 Å². The molecule has 3 N–H and O–H groups in total. The number of esters is 1. The fraction of sp³-hybridized carbons (Fsp3) is 0.300. The maximum absolute atomic E-state index is 12.0. The monoisotopic (exact) mass is 292 g/mol. The minimum absolute atomic E-state index is 0.0220. The van der Waals surface area contributed by atoms with Crippen molar-refractivity contribution >= 4 is 33.3 Å². The molecular weight excluding hydrogens is 280 g/mol. The molecule has 0 bridgehead atoms. The fourth-order valence-corrected chi connectivity index (χ4v) is 2.97. The molecule has 1 rings (SSSR count). The van der Waals surface area contributed by atoms with Crippen molar-refractivity contribution in [1.82, 2.24) is 4.72 Å². The summed E-state index contributed by atoms with van der Waals surface area (Å²) in [5, 5.41) is 0.0220. The number of anilines is 1. The first-order valence-electron chi connectivity index (χ1n) is 4.93. The van der Waals surface area contributed by atoms with E-state index in [0.29, 0.717) is 0 Å². The number of nitrogens with one attached hydrogen (secondary N) is 1. The van der Waals surface area contributed by atoms with Crippen molar-refractivity contribution < 1.29 is 17.9 Å². The summed E-state index contributed by atoms with van der Waals surface area (Å²) in [5.41, 5.74) is 5.75. The third kappa shape index (κ3) is 3.34. The minimum Gasteiger partial charge on any atom is -0.468 e. The number of hydrogen-bond acceptors (Lipinski definition) is 5. The zero-order valence-electron chi connectivity index (χ0n) is 9.81. The molecule has 0 saturated carbocycles. The zero-order chi connectivity index (χ0) is 13.9. The second kappa shape index (κ2) is 5.55. The summed E-state index contributed by atoms with van der Waals surface area (Å²) < 4.78 is 30.5. The van der Waals surface area contributed by atoms with Gasteiger partial charge in [0, 0.05) is 5.69 Å².